The van der Waals surface area contributed by atoms with Crippen LogP contribution in [0.5, 0.6) is 0 Å². The molecule has 2 amide bonds. The van der Waals surface area contributed by atoms with Gasteiger partial charge in [0, 0.05) is 25.6 Å². The summed E-state index contributed by atoms with van der Waals surface area (Å²) in [6.45, 7) is 4.12. The highest BCUT2D eigenvalue weighted by Crippen LogP contribution is 2.19. The third kappa shape index (κ3) is 4.47. The van der Waals surface area contributed by atoms with Gasteiger partial charge in [0.05, 0.1) is 11.9 Å². The van der Waals surface area contributed by atoms with E-state index in [1.54, 1.807) is 29.2 Å². The van der Waals surface area contributed by atoms with Crippen LogP contribution in [-0.4, -0.2) is 57.1 Å². The van der Waals surface area contributed by atoms with E-state index in [0.717, 1.165) is 16.1 Å². The summed E-state index contributed by atoms with van der Waals surface area (Å²) in [7, 11) is -3.60. The Morgan fingerprint density at radius 3 is 2.54 bits per heavy atom. The average molecular weight is 353 g/mol. The second-order valence-corrected chi connectivity index (χ2v) is 8.00. The summed E-state index contributed by atoms with van der Waals surface area (Å²) in [6.07, 6.45) is 1.30. The van der Waals surface area contributed by atoms with E-state index in [2.05, 4.69) is 5.32 Å². The van der Waals surface area contributed by atoms with Gasteiger partial charge in [0.1, 0.15) is 6.54 Å². The molecule has 1 heterocycles. The molecule has 132 valence electrons. The normalized spacial score (nSPS) is 18.7. The van der Waals surface area contributed by atoms with Crippen molar-refractivity contribution < 1.29 is 18.0 Å². The summed E-state index contributed by atoms with van der Waals surface area (Å²) in [5.41, 5.74) is 1.46. The maximum Gasteiger partial charge on any atom is 0.243 e. The maximum absolute atomic E-state index is 12.6. The first-order valence-corrected chi connectivity index (χ1v) is 9.64. The highest BCUT2D eigenvalue weighted by atomic mass is 32.2. The van der Waals surface area contributed by atoms with E-state index in [1.807, 2.05) is 13.8 Å². The van der Waals surface area contributed by atoms with Gasteiger partial charge >= 0.3 is 0 Å². The molecule has 0 spiro atoms. The minimum atomic E-state index is -3.60. The van der Waals surface area contributed by atoms with Gasteiger partial charge in [-0.25, -0.2) is 8.42 Å². The van der Waals surface area contributed by atoms with Gasteiger partial charge in [-0.15, -0.1) is 0 Å². The zero-order valence-corrected chi connectivity index (χ0v) is 15.0. The molecule has 0 aliphatic carbocycles. The molecule has 24 heavy (non-hydrogen) atoms. The fourth-order valence-electron chi connectivity index (χ4n) is 2.60. The van der Waals surface area contributed by atoms with Crippen molar-refractivity contribution in [1.29, 1.82) is 0 Å². The number of anilines is 1. The number of sulfonamides is 1. The van der Waals surface area contributed by atoms with Crippen molar-refractivity contribution in [3.05, 3.63) is 29.8 Å². The van der Waals surface area contributed by atoms with Crippen molar-refractivity contribution in [3.63, 3.8) is 0 Å². The third-order valence-electron chi connectivity index (χ3n) is 4.03. The van der Waals surface area contributed by atoms with Crippen molar-refractivity contribution in [3.8, 4) is 0 Å². The van der Waals surface area contributed by atoms with Crippen molar-refractivity contribution >= 4 is 27.5 Å². The minimum Gasteiger partial charge on any atom is -0.354 e. The fraction of sp³-hybridized carbons (Fsp3) is 0.500. The van der Waals surface area contributed by atoms with E-state index in [0.29, 0.717) is 12.2 Å². The summed E-state index contributed by atoms with van der Waals surface area (Å²) < 4.78 is 25.3. The Hall–Kier alpha value is -2.09. The lowest BCUT2D eigenvalue weighted by molar-refractivity contribution is -0.131. The number of carbonyl (C=O) groups excluding carboxylic acids is 2. The van der Waals surface area contributed by atoms with Crippen LogP contribution in [0.25, 0.3) is 0 Å². The highest BCUT2D eigenvalue weighted by Gasteiger charge is 2.28. The molecule has 1 saturated heterocycles. The SMILES string of the molecule is Cc1ccc(N(CC(=O)N2CCC(=O)NCC2C)S(C)(=O)=O)cc1. The van der Waals surface area contributed by atoms with Crippen molar-refractivity contribution in [2.45, 2.75) is 26.3 Å². The fourth-order valence-corrected chi connectivity index (χ4v) is 3.45. The van der Waals surface area contributed by atoms with Gasteiger partial charge in [0.15, 0.2) is 0 Å². The van der Waals surface area contributed by atoms with Gasteiger partial charge in [0.25, 0.3) is 0 Å². The quantitative estimate of drug-likeness (QED) is 0.854. The van der Waals surface area contributed by atoms with E-state index >= 15 is 0 Å². The molecule has 1 unspecified atom stereocenters. The predicted molar refractivity (Wildman–Crippen MR) is 92.2 cm³/mol. The standard InChI is InChI=1S/C16H23N3O4S/c1-12-4-6-14(7-5-12)19(24(3,22)23)11-16(21)18-9-8-15(20)17-10-13(18)2/h4-7,13H,8-11H2,1-3H3,(H,17,20). The zero-order valence-electron chi connectivity index (χ0n) is 14.2. The Morgan fingerprint density at radius 1 is 1.33 bits per heavy atom. The lowest BCUT2D eigenvalue weighted by Crippen LogP contribution is -2.47. The van der Waals surface area contributed by atoms with Crippen LogP contribution in [0.15, 0.2) is 24.3 Å². The molecule has 8 heteroatoms. The van der Waals surface area contributed by atoms with Gasteiger partial charge in [-0.3, -0.25) is 13.9 Å². The number of nitrogens with one attached hydrogen (secondary N) is 1. The molecule has 7 nitrogen and oxygen atoms in total. The largest absolute Gasteiger partial charge is 0.354 e. The second-order valence-electron chi connectivity index (χ2n) is 6.10. The monoisotopic (exact) mass is 353 g/mol. The van der Waals surface area contributed by atoms with Gasteiger partial charge in [-0.1, -0.05) is 17.7 Å². The van der Waals surface area contributed by atoms with Gasteiger partial charge in [-0.2, -0.15) is 0 Å². The number of benzene rings is 1. The van der Waals surface area contributed by atoms with Crippen molar-refractivity contribution in [2.75, 3.05) is 30.2 Å². The Bertz CT molecular complexity index is 715. The molecule has 1 aromatic carbocycles. The first kappa shape index (κ1) is 18.3. The molecular weight excluding hydrogens is 330 g/mol. The van der Waals surface area contributed by atoms with E-state index in [1.165, 1.54) is 0 Å². The summed E-state index contributed by atoms with van der Waals surface area (Å²) in [6, 6.07) is 6.79. The highest BCUT2D eigenvalue weighted by molar-refractivity contribution is 7.92. The number of nitrogens with zero attached hydrogens (tertiary/aromatic N) is 2. The van der Waals surface area contributed by atoms with Crippen LogP contribution in [0.1, 0.15) is 18.9 Å². The number of carbonyl (C=O) groups is 2. The van der Waals surface area contributed by atoms with Crippen molar-refractivity contribution in [1.82, 2.24) is 10.2 Å². The molecule has 0 saturated carbocycles. The molecule has 1 aliphatic rings. The van der Waals surface area contributed by atoms with E-state index < -0.39 is 10.0 Å². The number of hydrogen-bond donors (Lipinski definition) is 1. The molecule has 1 aliphatic heterocycles. The molecule has 2 rings (SSSR count). The molecule has 1 N–H and O–H groups in total. The van der Waals surface area contributed by atoms with Crippen LogP contribution in [0, 0.1) is 6.92 Å². The minimum absolute atomic E-state index is 0.101. The van der Waals surface area contributed by atoms with Gasteiger partial charge in [-0.05, 0) is 26.0 Å². The Morgan fingerprint density at radius 2 is 1.96 bits per heavy atom. The molecule has 0 bridgehead atoms. The molecule has 1 fully saturated rings. The summed E-state index contributed by atoms with van der Waals surface area (Å²) in [4.78, 5) is 25.7. The smallest absolute Gasteiger partial charge is 0.243 e. The van der Waals surface area contributed by atoms with E-state index in [9.17, 15) is 18.0 Å². The van der Waals surface area contributed by atoms with Crippen molar-refractivity contribution in [2.24, 2.45) is 0 Å². The van der Waals surface area contributed by atoms with Crippen LogP contribution >= 0.6 is 0 Å². The predicted octanol–water partition coefficient (Wildman–Crippen LogP) is 0.498. The second kappa shape index (κ2) is 7.21. The Balaban J connectivity index is 2.21. The van der Waals surface area contributed by atoms with Gasteiger partial charge < -0.3 is 10.2 Å². The molecular formula is C16H23N3O4S. The van der Waals surface area contributed by atoms with Crippen LogP contribution in [0.4, 0.5) is 5.69 Å². The number of hydrogen-bond acceptors (Lipinski definition) is 4. The van der Waals surface area contributed by atoms with Crippen LogP contribution in [0.3, 0.4) is 0 Å². The number of amides is 2. The summed E-state index contributed by atoms with van der Waals surface area (Å²) >= 11 is 0. The van der Waals surface area contributed by atoms with Gasteiger partial charge in [0.2, 0.25) is 21.8 Å². The number of rotatable bonds is 4. The first-order chi connectivity index (χ1) is 11.2. The Kier molecular flexibility index (Phi) is 5.48. The average Bonchev–Trinajstić information content (AvgIpc) is 2.66. The van der Waals surface area contributed by atoms with Crippen LogP contribution in [-0.2, 0) is 19.6 Å². The molecule has 0 radical (unpaired) electrons. The first-order valence-electron chi connectivity index (χ1n) is 7.79. The number of aryl methyl sites for hydroxylation is 1. The topological polar surface area (TPSA) is 86.8 Å². The maximum atomic E-state index is 12.6. The molecule has 1 atom stereocenters. The summed E-state index contributed by atoms with van der Waals surface area (Å²) in [5, 5.41) is 2.74. The summed E-state index contributed by atoms with van der Waals surface area (Å²) in [5.74, 6) is -0.416. The lowest BCUT2D eigenvalue weighted by Gasteiger charge is -2.30. The molecule has 0 aromatic heterocycles. The lowest BCUT2D eigenvalue weighted by atomic mass is 10.2. The molecule has 1 aromatic rings. The zero-order chi connectivity index (χ0) is 17.9. The van der Waals surface area contributed by atoms with E-state index in [4.69, 9.17) is 0 Å². The third-order valence-corrected chi connectivity index (χ3v) is 5.17. The Labute approximate surface area is 142 Å². The van der Waals surface area contributed by atoms with Crippen LogP contribution in [0.2, 0.25) is 0 Å². The van der Waals surface area contributed by atoms with E-state index in [-0.39, 0.29) is 37.4 Å². The van der Waals surface area contributed by atoms with Crippen LogP contribution < -0.4 is 9.62 Å².